The van der Waals surface area contributed by atoms with Crippen molar-refractivity contribution < 1.29 is 81.8 Å². The molecule has 2 heterocycles. The van der Waals surface area contributed by atoms with Gasteiger partial charge >= 0.3 is 5.97 Å². The van der Waals surface area contributed by atoms with Crippen LogP contribution < -0.4 is 52.0 Å². The summed E-state index contributed by atoms with van der Waals surface area (Å²) in [5.74, 6) is -7.46. The summed E-state index contributed by atoms with van der Waals surface area (Å²) in [4.78, 5) is 132. The molecule has 10 N–H and O–H groups in total. The van der Waals surface area contributed by atoms with Gasteiger partial charge in [-0.1, -0.05) is 71.3 Å². The Balaban J connectivity index is 1.06. The lowest BCUT2D eigenvalue weighted by molar-refractivity contribution is -0.147. The van der Waals surface area contributed by atoms with Crippen LogP contribution in [-0.2, 0) is 23.7 Å². The van der Waals surface area contributed by atoms with Crippen molar-refractivity contribution in [3.8, 4) is 23.0 Å². The lowest BCUT2D eigenvalue weighted by Gasteiger charge is -2.40. The molecule has 8 amide bonds. The van der Waals surface area contributed by atoms with E-state index in [0.29, 0.717) is 47.9 Å². The standard InChI is InChI=1S/C82H111BrN8O17/c1-40-21-53-69(92)54(22-40)74(95)85-62-34-66(49(10)30-45(62)6)89-78(99)58-26-43(4)28-60-72(58)107-19-16-104-38-52(39-105-17-20-108-81(102)82(13,14)83)37-103-15-18-106-71-57(77(98)88-65-33-61(84-73(53)94)44(5)29-48(65)9)25-42(3)27-59(71)79(100)90-67-35-63(46(7)31-50(67)11)86-75(96)55-23-41(2)24-56(70(55)93)76(97)87-64-36-68(91-80(60)101)51(12)32-47(64)8/h21-28,44-52,61-68,92-93H,15-20,29-39H2,1-14H3,(H,84,94)(H,85,95)(H,86,96)(H,87,97)(H,88,98)(H,89,99)(H,90,100)(H,91,101). The molecule has 4 saturated carbocycles. The number of phenolic OH excluding ortho intramolecular Hbond substituents is 2. The summed E-state index contributed by atoms with van der Waals surface area (Å²) >= 11 is 3.34. The molecule has 16 unspecified atom stereocenters. The first-order chi connectivity index (χ1) is 51.1. The highest BCUT2D eigenvalue weighted by molar-refractivity contribution is 9.10. The fourth-order valence-electron chi connectivity index (χ4n) is 16.6. The molecule has 16 atom stereocenters. The lowest BCUT2D eigenvalue weighted by atomic mass is 9.76. The van der Waals surface area contributed by atoms with Crippen LogP contribution in [0.4, 0.5) is 0 Å². The molecule has 4 aromatic carbocycles. The van der Waals surface area contributed by atoms with E-state index in [4.69, 9.17) is 28.4 Å². The summed E-state index contributed by atoms with van der Waals surface area (Å²) < 4.78 is 36.4. The van der Waals surface area contributed by atoms with E-state index in [1.54, 1.807) is 65.8 Å². The van der Waals surface area contributed by atoms with Crippen molar-refractivity contribution in [1.82, 2.24) is 42.5 Å². The maximum atomic E-state index is 15.2. The Kier molecular flexibility index (Phi) is 27.1. The van der Waals surface area contributed by atoms with Gasteiger partial charge in [-0.25, -0.2) is 0 Å². The molecule has 108 heavy (non-hydrogen) atoms. The van der Waals surface area contributed by atoms with E-state index in [2.05, 4.69) is 58.5 Å². The van der Waals surface area contributed by atoms with Crippen LogP contribution in [0.1, 0.15) is 226 Å². The molecule has 4 fully saturated rings. The van der Waals surface area contributed by atoms with Crippen molar-refractivity contribution in [2.24, 2.45) is 53.3 Å². The minimum atomic E-state index is -0.917. The molecule has 25 nitrogen and oxygen atoms in total. The summed E-state index contributed by atoms with van der Waals surface area (Å²) in [6.45, 7) is 26.2. The summed E-state index contributed by atoms with van der Waals surface area (Å²) in [5.41, 5.74) is 2.01. The molecule has 4 aliphatic carbocycles. The molecular weight excluding hydrogens is 1450 g/mol. The number of ether oxygens (including phenoxy) is 6. The zero-order valence-electron chi connectivity index (χ0n) is 64.9. The Morgan fingerprint density at radius 1 is 0.389 bits per heavy atom. The number of benzene rings is 4. The predicted molar refractivity (Wildman–Crippen MR) is 409 cm³/mol. The second-order valence-electron chi connectivity index (χ2n) is 32.5. The average Bonchev–Trinajstić information content (AvgIpc) is 0.803. The van der Waals surface area contributed by atoms with E-state index < -0.39 is 123 Å². The molecule has 26 heteroatoms. The molecule has 0 spiro atoms. The van der Waals surface area contributed by atoms with Gasteiger partial charge in [-0.15, -0.1) is 0 Å². The first-order valence-electron chi connectivity index (χ1n) is 38.4. The van der Waals surface area contributed by atoms with E-state index in [1.165, 1.54) is 24.3 Å². The van der Waals surface area contributed by atoms with Gasteiger partial charge in [-0.05, 0) is 211 Å². The normalized spacial score (nSPS) is 29.7. The van der Waals surface area contributed by atoms with Crippen LogP contribution in [0.3, 0.4) is 0 Å². The lowest BCUT2D eigenvalue weighted by Crippen LogP contribution is -2.53. The number of hydrogen-bond donors (Lipinski definition) is 10. The van der Waals surface area contributed by atoms with E-state index >= 15 is 19.2 Å². The number of rotatable bonds is 6. The Hall–Kier alpha value is -8.33. The summed E-state index contributed by atoms with van der Waals surface area (Å²) in [5, 5.41) is 49.5. The van der Waals surface area contributed by atoms with E-state index in [0.717, 1.165) is 0 Å². The molecule has 588 valence electrons. The van der Waals surface area contributed by atoms with Gasteiger partial charge in [0.2, 0.25) is 0 Å². The van der Waals surface area contributed by atoms with E-state index in [9.17, 15) is 34.2 Å². The highest BCUT2D eigenvalue weighted by Crippen LogP contribution is 2.39. The molecule has 0 radical (unpaired) electrons. The third kappa shape index (κ3) is 20.0. The van der Waals surface area contributed by atoms with Gasteiger partial charge in [-0.3, -0.25) is 43.2 Å². The van der Waals surface area contributed by atoms with E-state index in [-0.39, 0.29) is 188 Å². The Morgan fingerprint density at radius 2 is 0.620 bits per heavy atom. The number of hydrogen-bond acceptors (Lipinski definition) is 17. The molecule has 2 aliphatic heterocycles. The smallest absolute Gasteiger partial charge is 0.322 e. The van der Waals surface area contributed by atoms with Crippen LogP contribution >= 0.6 is 15.9 Å². The van der Waals surface area contributed by atoms with Crippen molar-refractivity contribution >= 4 is 69.2 Å². The zero-order chi connectivity index (χ0) is 78.3. The third-order valence-corrected chi connectivity index (χ3v) is 23.2. The fourth-order valence-corrected chi connectivity index (χ4v) is 16.8. The Morgan fingerprint density at radius 3 is 0.861 bits per heavy atom. The van der Waals surface area contributed by atoms with Crippen LogP contribution in [0.15, 0.2) is 48.5 Å². The fraction of sp³-hybridized carbons (Fsp3) is 0.598. The van der Waals surface area contributed by atoms with Crippen molar-refractivity contribution in [3.05, 3.63) is 115 Å². The Bertz CT molecular complexity index is 3590. The number of fused-ring (bicyclic) bond motifs is 22. The first kappa shape index (κ1) is 82.2. The molecule has 4 aromatic rings. The van der Waals surface area contributed by atoms with Crippen LogP contribution in [0.5, 0.6) is 23.0 Å². The second-order valence-corrected chi connectivity index (χ2v) is 34.5. The molecule has 10 rings (SSSR count). The van der Waals surface area contributed by atoms with Gasteiger partial charge in [0.1, 0.15) is 47.1 Å². The van der Waals surface area contributed by atoms with Gasteiger partial charge in [0, 0.05) is 54.3 Å². The number of amides is 8. The van der Waals surface area contributed by atoms with Gasteiger partial charge in [0.05, 0.1) is 84.1 Å². The van der Waals surface area contributed by atoms with Crippen molar-refractivity contribution in [3.63, 3.8) is 0 Å². The van der Waals surface area contributed by atoms with Gasteiger partial charge in [0.25, 0.3) is 47.3 Å². The second kappa shape index (κ2) is 35.6. The average molecular weight is 1560 g/mol. The zero-order valence-corrected chi connectivity index (χ0v) is 66.4. The molecule has 0 aromatic heterocycles. The number of aryl methyl sites for hydroxylation is 4. The molecule has 14 bridgehead atoms. The maximum absolute atomic E-state index is 15.2. The number of esters is 1. The monoisotopic (exact) mass is 1560 g/mol. The summed E-state index contributed by atoms with van der Waals surface area (Å²) in [6.07, 6.45) is 3.41. The van der Waals surface area contributed by atoms with Gasteiger partial charge < -0.3 is 81.2 Å². The topological polar surface area (TPSA) is 346 Å². The maximum Gasteiger partial charge on any atom is 0.322 e. The van der Waals surface area contributed by atoms with Crippen LogP contribution in [0, 0.1) is 81.0 Å². The minimum absolute atomic E-state index is 0.0250. The summed E-state index contributed by atoms with van der Waals surface area (Å²) in [7, 11) is 0. The van der Waals surface area contributed by atoms with Crippen LogP contribution in [0.2, 0.25) is 0 Å². The highest BCUT2D eigenvalue weighted by Gasteiger charge is 2.42. The minimum Gasteiger partial charge on any atom is -0.506 e. The Labute approximate surface area is 642 Å². The molecular formula is C82H111BrN8O17. The number of halogens is 1. The SMILES string of the molecule is Cc1cc2c(O)c(c1)C(=O)NC1CC(NC(=O)c3cc(C)cc4c3OCCOCC(COCCOC(=O)C(C)(C)Br)COCCOc3c(cc(C)cc3C(=O)NC3CC(NC(=O)c5cc(C)cc(c5O)C(=O)NC5CC(NC4=O)C(C)CC5C)C(C)CC3C)C(=O)NC3CC(NC2=O)C(C)CC3C)C(C)CC1C. The first-order valence-corrected chi connectivity index (χ1v) is 39.2. The number of phenols is 2. The third-order valence-electron chi connectivity index (χ3n) is 22.9. The van der Waals surface area contributed by atoms with Crippen LogP contribution in [0.25, 0.3) is 0 Å². The van der Waals surface area contributed by atoms with Crippen molar-refractivity contribution in [2.75, 3.05) is 59.5 Å². The van der Waals surface area contributed by atoms with Gasteiger partial charge in [0.15, 0.2) is 0 Å². The van der Waals surface area contributed by atoms with Crippen LogP contribution in [-0.4, -0.2) is 176 Å². The largest absolute Gasteiger partial charge is 0.506 e. The number of nitrogens with one attached hydrogen (secondary N) is 8. The van der Waals surface area contributed by atoms with Crippen molar-refractivity contribution in [2.45, 2.75) is 201 Å². The summed E-state index contributed by atoms with van der Waals surface area (Å²) in [6, 6.07) is 8.52. The predicted octanol–water partition coefficient (Wildman–Crippen LogP) is 9.65. The number of carbonyl (C=O) groups is 9. The molecule has 0 saturated heterocycles. The number of aromatic hydroxyl groups is 2. The van der Waals surface area contributed by atoms with Gasteiger partial charge in [-0.2, -0.15) is 0 Å². The van der Waals surface area contributed by atoms with E-state index in [1.807, 2.05) is 55.4 Å². The van der Waals surface area contributed by atoms with Crippen molar-refractivity contribution in [1.29, 1.82) is 0 Å². The number of alkyl halides is 1. The highest BCUT2D eigenvalue weighted by atomic mass is 79.9. The number of carbonyl (C=O) groups excluding carboxylic acids is 9. The quantitative estimate of drug-likeness (QED) is 0.0488. The molecule has 6 aliphatic rings.